The minimum Gasteiger partial charge on any atom is -0.488 e. The van der Waals surface area contributed by atoms with Crippen molar-refractivity contribution in [2.45, 2.75) is 13.5 Å². The number of aromatic nitrogens is 1. The maximum atomic E-state index is 13.5. The smallest absolute Gasteiger partial charge is 0.203 e. The number of ether oxygens (including phenoxy) is 1. The van der Waals surface area contributed by atoms with Crippen molar-refractivity contribution in [3.05, 3.63) is 76.1 Å². The Bertz CT molecular complexity index is 923. The van der Waals surface area contributed by atoms with E-state index in [9.17, 15) is 13.2 Å². The van der Waals surface area contributed by atoms with E-state index in [1.165, 1.54) is 35.8 Å². The van der Waals surface area contributed by atoms with Crippen LogP contribution in [0.4, 0.5) is 18.3 Å². The lowest BCUT2D eigenvalue weighted by atomic mass is 10.2. The van der Waals surface area contributed by atoms with Crippen molar-refractivity contribution >= 4 is 22.7 Å². The van der Waals surface area contributed by atoms with Gasteiger partial charge in [-0.1, -0.05) is 0 Å². The van der Waals surface area contributed by atoms with Crippen LogP contribution in [0.5, 0.6) is 5.75 Å². The topological polar surface area (TPSA) is 46.5 Å². The number of nitrogens with one attached hydrogen (secondary N) is 1. The van der Waals surface area contributed by atoms with Gasteiger partial charge in [0.05, 0.1) is 11.9 Å². The van der Waals surface area contributed by atoms with Gasteiger partial charge in [0.1, 0.15) is 29.8 Å². The highest BCUT2D eigenvalue weighted by Gasteiger charge is 2.07. The second-order valence-corrected chi connectivity index (χ2v) is 6.27. The molecule has 1 heterocycles. The fourth-order valence-corrected chi connectivity index (χ4v) is 2.79. The molecule has 0 aliphatic carbocycles. The molecule has 3 aromatic rings. The summed E-state index contributed by atoms with van der Waals surface area (Å²) in [5.74, 6) is -1.69. The predicted octanol–water partition coefficient (Wildman–Crippen LogP) is 4.89. The molecule has 0 saturated carbocycles. The molecule has 0 unspecified atom stereocenters. The standard InChI is InChI=1S/C18H14F3N3OS/c1-11-10-26-18(23-11)24-22-8-13-2-3-14(19)7-17(13)25-9-12-4-15(20)6-16(21)5-12/h2-8,10H,9H2,1H3,(H,23,24). The molecule has 134 valence electrons. The quantitative estimate of drug-likeness (QED) is 0.491. The second-order valence-electron chi connectivity index (χ2n) is 5.41. The first kappa shape index (κ1) is 17.9. The molecular weight excluding hydrogens is 363 g/mol. The van der Waals surface area contributed by atoms with Crippen LogP contribution in [-0.2, 0) is 6.61 Å². The van der Waals surface area contributed by atoms with E-state index in [0.29, 0.717) is 16.3 Å². The molecular formula is C18H14F3N3OS. The zero-order chi connectivity index (χ0) is 18.5. The molecule has 1 aromatic heterocycles. The number of benzene rings is 2. The average molecular weight is 377 g/mol. The molecule has 0 atom stereocenters. The molecule has 4 nitrogen and oxygen atoms in total. The van der Waals surface area contributed by atoms with Gasteiger partial charge in [-0.3, -0.25) is 5.43 Å². The molecule has 0 amide bonds. The monoisotopic (exact) mass is 377 g/mol. The van der Waals surface area contributed by atoms with Crippen molar-refractivity contribution in [2.75, 3.05) is 5.43 Å². The molecule has 2 aromatic carbocycles. The number of rotatable bonds is 6. The lowest BCUT2D eigenvalue weighted by Crippen LogP contribution is -2.01. The van der Waals surface area contributed by atoms with Gasteiger partial charge >= 0.3 is 0 Å². The number of aryl methyl sites for hydroxylation is 1. The number of hydrogen-bond donors (Lipinski definition) is 1. The lowest BCUT2D eigenvalue weighted by molar-refractivity contribution is 0.302. The fourth-order valence-electron chi connectivity index (χ4n) is 2.16. The second kappa shape index (κ2) is 8.01. The van der Waals surface area contributed by atoms with E-state index < -0.39 is 17.5 Å². The summed E-state index contributed by atoms with van der Waals surface area (Å²) in [5, 5.41) is 6.55. The largest absolute Gasteiger partial charge is 0.488 e. The summed E-state index contributed by atoms with van der Waals surface area (Å²) in [6.07, 6.45) is 1.46. The minimum absolute atomic E-state index is 0.113. The zero-order valence-corrected chi connectivity index (χ0v) is 14.5. The Kier molecular flexibility index (Phi) is 5.52. The Labute approximate surface area is 152 Å². The van der Waals surface area contributed by atoms with Gasteiger partial charge in [-0.2, -0.15) is 5.10 Å². The number of nitrogens with zero attached hydrogens (tertiary/aromatic N) is 2. The first-order chi connectivity index (χ1) is 12.5. The van der Waals surface area contributed by atoms with Crippen molar-refractivity contribution in [3.8, 4) is 5.75 Å². The molecule has 0 saturated heterocycles. The van der Waals surface area contributed by atoms with Crippen LogP contribution >= 0.6 is 11.3 Å². The third-order valence-electron chi connectivity index (χ3n) is 3.28. The van der Waals surface area contributed by atoms with Gasteiger partial charge in [0.15, 0.2) is 0 Å². The number of halogens is 3. The molecule has 0 fully saturated rings. The number of hydrazone groups is 1. The van der Waals surface area contributed by atoms with Gasteiger partial charge in [0.25, 0.3) is 0 Å². The van der Waals surface area contributed by atoms with Crippen LogP contribution in [0.15, 0.2) is 46.9 Å². The molecule has 26 heavy (non-hydrogen) atoms. The van der Waals surface area contributed by atoms with Gasteiger partial charge < -0.3 is 4.74 Å². The Morgan fingerprint density at radius 3 is 2.58 bits per heavy atom. The third-order valence-corrected chi connectivity index (χ3v) is 4.14. The maximum absolute atomic E-state index is 13.5. The highest BCUT2D eigenvalue weighted by atomic mass is 32.1. The van der Waals surface area contributed by atoms with E-state index in [4.69, 9.17) is 4.74 Å². The molecule has 0 spiro atoms. The maximum Gasteiger partial charge on any atom is 0.203 e. The molecule has 0 bridgehead atoms. The summed E-state index contributed by atoms with van der Waals surface area (Å²) < 4.78 is 45.5. The fraction of sp³-hybridized carbons (Fsp3) is 0.111. The van der Waals surface area contributed by atoms with Crippen LogP contribution in [0.25, 0.3) is 0 Å². The van der Waals surface area contributed by atoms with Gasteiger partial charge in [-0.15, -0.1) is 11.3 Å². The van der Waals surface area contributed by atoms with Crippen LogP contribution in [-0.4, -0.2) is 11.2 Å². The van der Waals surface area contributed by atoms with Crippen LogP contribution in [0.2, 0.25) is 0 Å². The number of anilines is 1. The highest BCUT2D eigenvalue weighted by Crippen LogP contribution is 2.21. The molecule has 3 rings (SSSR count). The number of hydrogen-bond acceptors (Lipinski definition) is 5. The van der Waals surface area contributed by atoms with Crippen molar-refractivity contribution in [1.29, 1.82) is 0 Å². The van der Waals surface area contributed by atoms with Crippen molar-refractivity contribution in [3.63, 3.8) is 0 Å². The third kappa shape index (κ3) is 4.82. The van der Waals surface area contributed by atoms with E-state index in [0.717, 1.165) is 23.9 Å². The average Bonchev–Trinajstić information content (AvgIpc) is 2.99. The first-order valence-corrected chi connectivity index (χ1v) is 8.46. The van der Waals surface area contributed by atoms with Crippen molar-refractivity contribution in [2.24, 2.45) is 5.10 Å². The highest BCUT2D eigenvalue weighted by molar-refractivity contribution is 7.13. The van der Waals surface area contributed by atoms with Crippen LogP contribution in [0.1, 0.15) is 16.8 Å². The van der Waals surface area contributed by atoms with Crippen molar-refractivity contribution in [1.82, 2.24) is 4.98 Å². The van der Waals surface area contributed by atoms with E-state index in [-0.39, 0.29) is 12.4 Å². The van der Waals surface area contributed by atoms with Crippen molar-refractivity contribution < 1.29 is 17.9 Å². The number of thiazole rings is 1. The van der Waals surface area contributed by atoms with Crippen LogP contribution < -0.4 is 10.2 Å². The molecule has 0 aliphatic rings. The Morgan fingerprint density at radius 2 is 1.88 bits per heavy atom. The summed E-state index contributed by atoms with van der Waals surface area (Å²) in [6, 6.07) is 7.03. The van der Waals surface area contributed by atoms with Crippen LogP contribution in [0, 0.1) is 24.4 Å². The minimum atomic E-state index is -0.701. The predicted molar refractivity (Wildman–Crippen MR) is 95.2 cm³/mol. The summed E-state index contributed by atoms with van der Waals surface area (Å²) in [5.41, 5.74) is 4.45. The SMILES string of the molecule is Cc1csc(NN=Cc2ccc(F)cc2OCc2cc(F)cc(F)c2)n1. The van der Waals surface area contributed by atoms with E-state index >= 15 is 0 Å². The first-order valence-electron chi connectivity index (χ1n) is 7.58. The lowest BCUT2D eigenvalue weighted by Gasteiger charge is -2.09. The Hall–Kier alpha value is -2.87. The summed E-state index contributed by atoms with van der Waals surface area (Å²) in [6.45, 7) is 1.75. The summed E-state index contributed by atoms with van der Waals surface area (Å²) in [4.78, 5) is 4.20. The molecule has 0 radical (unpaired) electrons. The van der Waals surface area contributed by atoms with Crippen LogP contribution in [0.3, 0.4) is 0 Å². The zero-order valence-electron chi connectivity index (χ0n) is 13.7. The molecule has 8 heteroatoms. The van der Waals surface area contributed by atoms with E-state index in [1.54, 1.807) is 0 Å². The van der Waals surface area contributed by atoms with Gasteiger partial charge in [0.2, 0.25) is 5.13 Å². The summed E-state index contributed by atoms with van der Waals surface area (Å²) >= 11 is 1.40. The Balaban J connectivity index is 1.72. The molecule has 1 N–H and O–H groups in total. The van der Waals surface area contributed by atoms with Gasteiger partial charge in [0, 0.05) is 23.1 Å². The molecule has 0 aliphatic heterocycles. The normalized spacial score (nSPS) is 11.1. The van der Waals surface area contributed by atoms with Gasteiger partial charge in [-0.25, -0.2) is 18.2 Å². The van der Waals surface area contributed by atoms with E-state index in [2.05, 4.69) is 15.5 Å². The van der Waals surface area contributed by atoms with Gasteiger partial charge in [-0.05, 0) is 36.8 Å². The summed E-state index contributed by atoms with van der Waals surface area (Å²) in [7, 11) is 0. The van der Waals surface area contributed by atoms with E-state index in [1.807, 2.05) is 12.3 Å². The Morgan fingerprint density at radius 1 is 1.12 bits per heavy atom.